The zero-order valence-corrected chi connectivity index (χ0v) is 29.6. The van der Waals surface area contributed by atoms with Gasteiger partial charge in [-0.1, -0.05) is 67.5 Å². The van der Waals surface area contributed by atoms with Crippen molar-refractivity contribution < 1.29 is 46.8 Å². The predicted molar refractivity (Wildman–Crippen MR) is 175 cm³/mol. The number of carbonyl (C=O) groups is 2. The molecule has 1 radical (unpaired) electrons. The quantitative estimate of drug-likeness (QED) is 0.333. The summed E-state index contributed by atoms with van der Waals surface area (Å²) in [5.74, 6) is -0.164. The van der Waals surface area contributed by atoms with Crippen LogP contribution in [0, 0.1) is 0 Å². The molecule has 9 heteroatoms. The third kappa shape index (κ3) is 14.6. The number of aromatic hydroxyl groups is 2. The van der Waals surface area contributed by atoms with Gasteiger partial charge in [0.15, 0.2) is 0 Å². The maximum absolute atomic E-state index is 10.9. The molecule has 3 rings (SSSR count). The summed E-state index contributed by atoms with van der Waals surface area (Å²) in [6, 6.07) is 8.78. The second-order valence-corrected chi connectivity index (χ2v) is 12.7. The van der Waals surface area contributed by atoms with Crippen LogP contribution in [0.15, 0.2) is 34.3 Å². The van der Waals surface area contributed by atoms with Gasteiger partial charge in [-0.05, 0) is 97.6 Å². The number of phenols is 2. The van der Waals surface area contributed by atoms with E-state index in [1.165, 1.54) is 11.1 Å². The molecular formula is C36H52CoN2O6. The first-order valence-electron chi connectivity index (χ1n) is 15.6. The molecule has 1 saturated carbocycles. The van der Waals surface area contributed by atoms with Crippen LogP contribution in [0.2, 0.25) is 0 Å². The Morgan fingerprint density at radius 1 is 0.689 bits per heavy atom. The number of rotatable bonds is 8. The molecule has 0 spiro atoms. The molecule has 45 heavy (non-hydrogen) atoms. The van der Waals surface area contributed by atoms with E-state index in [1.54, 1.807) is 0 Å². The molecule has 0 heterocycles. The van der Waals surface area contributed by atoms with Crippen LogP contribution in [-0.4, -0.2) is 46.7 Å². The molecule has 1 fully saturated rings. The van der Waals surface area contributed by atoms with Crippen LogP contribution >= 0.6 is 0 Å². The Morgan fingerprint density at radius 2 is 1.00 bits per heavy atom. The molecule has 0 aliphatic heterocycles. The summed E-state index contributed by atoms with van der Waals surface area (Å²) < 4.78 is 0. The summed E-state index contributed by atoms with van der Waals surface area (Å²) in [5.41, 5.74) is 6.05. The summed E-state index contributed by atoms with van der Waals surface area (Å²) in [6.45, 7) is 19.1. The average molecular weight is 668 g/mol. The number of aliphatic carboxylic acids is 2. The van der Waals surface area contributed by atoms with Gasteiger partial charge in [-0.2, -0.15) is 0 Å². The normalized spacial score (nSPS) is 16.4. The van der Waals surface area contributed by atoms with Crippen molar-refractivity contribution in [2.24, 2.45) is 9.98 Å². The minimum Gasteiger partial charge on any atom is -0.550 e. The Morgan fingerprint density at radius 3 is 1.27 bits per heavy atom. The predicted octanol–water partition coefficient (Wildman–Crippen LogP) is 5.95. The van der Waals surface area contributed by atoms with Crippen molar-refractivity contribution in [3.8, 4) is 11.5 Å². The maximum Gasteiger partial charge on any atom is 2.00 e. The number of aliphatic imine (C=N–C) groups is 2. The molecule has 2 N–H and O–H groups in total. The maximum atomic E-state index is 10.9. The molecule has 251 valence electrons. The fourth-order valence-electron chi connectivity index (χ4n) is 4.93. The Balaban J connectivity index is 0.00000192. The van der Waals surface area contributed by atoms with Crippen LogP contribution in [0.25, 0.3) is 0 Å². The molecule has 2 aromatic carbocycles. The van der Waals surface area contributed by atoms with Crippen molar-refractivity contribution in [3.63, 3.8) is 0 Å². The van der Waals surface area contributed by atoms with Crippen molar-refractivity contribution in [2.45, 2.75) is 131 Å². The minimum atomic E-state index is -1.08. The van der Waals surface area contributed by atoms with E-state index >= 15 is 0 Å². The second kappa shape index (κ2) is 20.1. The van der Waals surface area contributed by atoms with Crippen LogP contribution in [0.1, 0.15) is 152 Å². The van der Waals surface area contributed by atoms with Gasteiger partial charge in [-0.3, -0.25) is 9.98 Å². The summed E-state index contributed by atoms with van der Waals surface area (Å²) in [4.78, 5) is 27.6. The average Bonchev–Trinajstić information content (AvgIpc) is 2.91. The van der Waals surface area contributed by atoms with Gasteiger partial charge in [-0.15, -0.1) is 0 Å². The molecule has 2 unspecified atom stereocenters. The molecule has 1 aliphatic rings. The molecule has 8 nitrogen and oxygen atoms in total. The Hall–Kier alpha value is -3.17. The summed E-state index contributed by atoms with van der Waals surface area (Å²) in [5, 5.41) is 39.5. The smallest absolute Gasteiger partial charge is 0.550 e. The second-order valence-electron chi connectivity index (χ2n) is 12.7. The molecule has 2 aromatic rings. The summed E-state index contributed by atoms with van der Waals surface area (Å²) in [7, 11) is 0. The van der Waals surface area contributed by atoms with Crippen LogP contribution in [0.3, 0.4) is 0 Å². The molecule has 2 atom stereocenters. The Bertz CT molecular complexity index is 1200. The van der Waals surface area contributed by atoms with Crippen LogP contribution in [0.4, 0.5) is 0 Å². The van der Waals surface area contributed by atoms with Crippen molar-refractivity contribution >= 4 is 24.4 Å². The van der Waals surface area contributed by atoms with Crippen LogP contribution < -0.4 is 10.2 Å². The zero-order valence-electron chi connectivity index (χ0n) is 28.5. The van der Waals surface area contributed by atoms with Crippen molar-refractivity contribution in [3.05, 3.63) is 57.6 Å². The molecule has 0 bridgehead atoms. The Kier molecular flexibility index (Phi) is 18.6. The SMILES string of the molecule is CC(=O)[O-].CC(=O)[O-].CC(C)c1cc(C=NC2CCCC(N=Cc3cc(C(C)C)cc(C(C)C)c3O)C2)c(O)c(C(C)C)c1.[Co+2]. The van der Waals surface area contributed by atoms with Gasteiger partial charge in [-0.25, -0.2) is 0 Å². The number of hydrogen-bond acceptors (Lipinski definition) is 8. The van der Waals surface area contributed by atoms with E-state index in [1.807, 2.05) is 12.4 Å². The van der Waals surface area contributed by atoms with Gasteiger partial charge in [0.05, 0.1) is 12.1 Å². The monoisotopic (exact) mass is 667 g/mol. The molecular weight excluding hydrogens is 615 g/mol. The minimum absolute atomic E-state index is 0. The number of carboxylic acids is 2. The van der Waals surface area contributed by atoms with Crippen molar-refractivity contribution in [1.29, 1.82) is 0 Å². The topological polar surface area (TPSA) is 145 Å². The fourth-order valence-corrected chi connectivity index (χ4v) is 4.93. The number of hydrogen-bond donors (Lipinski definition) is 2. The Labute approximate surface area is 280 Å². The molecule has 0 amide bonds. The van der Waals surface area contributed by atoms with E-state index in [0.29, 0.717) is 23.3 Å². The number of phenolic OH excluding ortho intramolecular Hbond substituents is 2. The van der Waals surface area contributed by atoms with E-state index in [2.05, 4.69) is 79.7 Å². The standard InChI is InChI=1S/C32H46N2O2.2C2H4O2.Co/c1-19(2)23-12-25(31(35)29(14-23)21(5)6)17-33-27-10-9-11-28(16-27)34-18-26-13-24(20(3)4)15-30(22(7)8)32(26)36;2*1-2(3)4;/h12-15,17-22,27-28,35-36H,9-11,16H2,1-8H3;2*1H3,(H,3,4);/q;;;+2/p-2. The van der Waals surface area contributed by atoms with Crippen molar-refractivity contribution in [2.75, 3.05) is 0 Å². The first-order chi connectivity index (χ1) is 20.4. The summed E-state index contributed by atoms with van der Waals surface area (Å²) in [6.07, 6.45) is 7.78. The van der Waals surface area contributed by atoms with E-state index in [-0.39, 0.29) is 40.7 Å². The number of benzene rings is 2. The van der Waals surface area contributed by atoms with E-state index in [4.69, 9.17) is 29.8 Å². The van der Waals surface area contributed by atoms with Crippen molar-refractivity contribution in [1.82, 2.24) is 0 Å². The van der Waals surface area contributed by atoms with Gasteiger partial charge >= 0.3 is 16.8 Å². The largest absolute Gasteiger partial charge is 2.00 e. The van der Waals surface area contributed by atoms with Gasteiger partial charge in [0.1, 0.15) is 11.5 Å². The van der Waals surface area contributed by atoms with Gasteiger partial charge in [0.25, 0.3) is 0 Å². The third-order valence-electron chi connectivity index (χ3n) is 7.43. The van der Waals surface area contributed by atoms with E-state index in [9.17, 15) is 10.2 Å². The van der Waals surface area contributed by atoms with Gasteiger partial charge < -0.3 is 30.0 Å². The van der Waals surface area contributed by atoms with Gasteiger partial charge in [0.2, 0.25) is 0 Å². The fraction of sp³-hybridized carbons (Fsp3) is 0.556. The molecule has 1 aliphatic carbocycles. The van der Waals surface area contributed by atoms with E-state index < -0.39 is 11.9 Å². The first-order valence-corrected chi connectivity index (χ1v) is 15.6. The van der Waals surface area contributed by atoms with E-state index in [0.717, 1.165) is 61.8 Å². The molecule has 0 saturated heterocycles. The van der Waals surface area contributed by atoms with Crippen LogP contribution in [0.5, 0.6) is 11.5 Å². The first kappa shape index (κ1) is 41.8. The number of carbonyl (C=O) groups excluding carboxylic acids is 2. The van der Waals surface area contributed by atoms with Gasteiger partial charge in [0, 0.05) is 35.5 Å². The molecule has 0 aromatic heterocycles. The summed E-state index contributed by atoms with van der Waals surface area (Å²) >= 11 is 0. The zero-order chi connectivity index (χ0) is 33.7. The third-order valence-corrected chi connectivity index (χ3v) is 7.43. The van der Waals surface area contributed by atoms with Crippen LogP contribution in [-0.2, 0) is 26.4 Å². The number of carboxylic acid groups (broad SMARTS) is 2. The number of nitrogens with zero attached hydrogens (tertiary/aromatic N) is 2.